The van der Waals surface area contributed by atoms with Crippen LogP contribution in [0.25, 0.3) is 22.6 Å². The van der Waals surface area contributed by atoms with Gasteiger partial charge in [-0.05, 0) is 24.1 Å². The molecule has 4 aromatic rings. The Bertz CT molecular complexity index is 1300. The SMILES string of the molecule is Cc1nc(-c2ccc([C@H]3CN(c4nc(-c5ccncc5)cc(=O)n4C)CCCO3)cc2)no1. The highest BCUT2D eigenvalue weighted by Crippen LogP contribution is 2.27. The lowest BCUT2D eigenvalue weighted by atomic mass is 10.1. The maximum absolute atomic E-state index is 12.7. The van der Waals surface area contributed by atoms with Crippen LogP contribution < -0.4 is 10.5 Å². The van der Waals surface area contributed by atoms with Gasteiger partial charge in [0.15, 0.2) is 0 Å². The zero-order chi connectivity index (χ0) is 22.8. The van der Waals surface area contributed by atoms with Crippen LogP contribution in [0.5, 0.6) is 0 Å². The summed E-state index contributed by atoms with van der Waals surface area (Å²) in [6.45, 7) is 3.73. The highest BCUT2D eigenvalue weighted by Gasteiger charge is 2.24. The van der Waals surface area contributed by atoms with E-state index in [-0.39, 0.29) is 11.7 Å². The summed E-state index contributed by atoms with van der Waals surface area (Å²) in [6, 6.07) is 13.2. The van der Waals surface area contributed by atoms with Crippen molar-refractivity contribution in [3.63, 3.8) is 0 Å². The molecule has 4 heterocycles. The Hall–Kier alpha value is -3.85. The molecule has 168 valence electrons. The number of aromatic nitrogens is 5. The molecule has 0 bridgehead atoms. The van der Waals surface area contributed by atoms with E-state index in [1.807, 2.05) is 36.4 Å². The first-order valence-corrected chi connectivity index (χ1v) is 10.8. The summed E-state index contributed by atoms with van der Waals surface area (Å²) >= 11 is 0. The average Bonchev–Trinajstić information content (AvgIpc) is 3.13. The molecule has 5 rings (SSSR count). The third-order valence-corrected chi connectivity index (χ3v) is 5.72. The van der Waals surface area contributed by atoms with Crippen LogP contribution in [0.2, 0.25) is 0 Å². The number of hydrogen-bond acceptors (Lipinski definition) is 8. The number of aryl methyl sites for hydroxylation is 1. The Kier molecular flexibility index (Phi) is 5.70. The van der Waals surface area contributed by atoms with Crippen molar-refractivity contribution in [1.29, 1.82) is 0 Å². The Morgan fingerprint density at radius 1 is 1.03 bits per heavy atom. The van der Waals surface area contributed by atoms with E-state index in [2.05, 4.69) is 20.0 Å². The normalized spacial score (nSPS) is 16.5. The maximum atomic E-state index is 12.7. The highest BCUT2D eigenvalue weighted by molar-refractivity contribution is 5.59. The molecule has 0 saturated carbocycles. The fraction of sp³-hybridized carbons (Fsp3) is 0.292. The molecule has 33 heavy (non-hydrogen) atoms. The standard InChI is InChI=1S/C24H24N6O3/c1-16-26-23(28-33-16)19-6-4-18(5-7-19)21-15-30(12-3-13-32-21)24-27-20(14-22(31)29(24)2)17-8-10-25-11-9-17/h4-11,14,21H,3,12-13,15H2,1-2H3/t21-/m1/s1. The zero-order valence-electron chi connectivity index (χ0n) is 18.5. The first-order chi connectivity index (χ1) is 16.1. The molecule has 1 saturated heterocycles. The molecule has 3 aromatic heterocycles. The van der Waals surface area contributed by atoms with Crippen LogP contribution in [0.15, 0.2) is 64.2 Å². The van der Waals surface area contributed by atoms with Crippen LogP contribution >= 0.6 is 0 Å². The van der Waals surface area contributed by atoms with Crippen molar-refractivity contribution in [1.82, 2.24) is 24.7 Å². The maximum Gasteiger partial charge on any atom is 0.255 e. The predicted octanol–water partition coefficient (Wildman–Crippen LogP) is 3.17. The summed E-state index contributed by atoms with van der Waals surface area (Å²) in [7, 11) is 1.75. The second-order valence-electron chi connectivity index (χ2n) is 7.99. The van der Waals surface area contributed by atoms with E-state index in [0.29, 0.717) is 36.5 Å². The van der Waals surface area contributed by atoms with Crippen LogP contribution in [0.3, 0.4) is 0 Å². The molecule has 9 nitrogen and oxygen atoms in total. The van der Waals surface area contributed by atoms with E-state index >= 15 is 0 Å². The second kappa shape index (κ2) is 8.95. The van der Waals surface area contributed by atoms with E-state index in [1.165, 1.54) is 0 Å². The van der Waals surface area contributed by atoms with E-state index in [9.17, 15) is 4.79 Å². The van der Waals surface area contributed by atoms with Crippen LogP contribution in [-0.2, 0) is 11.8 Å². The topological polar surface area (TPSA) is 99.2 Å². The van der Waals surface area contributed by atoms with Gasteiger partial charge in [0.05, 0.1) is 12.2 Å². The van der Waals surface area contributed by atoms with Gasteiger partial charge in [-0.15, -0.1) is 0 Å². The third kappa shape index (κ3) is 4.40. The summed E-state index contributed by atoms with van der Waals surface area (Å²) < 4.78 is 12.8. The van der Waals surface area contributed by atoms with Gasteiger partial charge in [0, 0.05) is 56.7 Å². The van der Waals surface area contributed by atoms with Gasteiger partial charge < -0.3 is 14.2 Å². The number of pyridine rings is 1. The lowest BCUT2D eigenvalue weighted by molar-refractivity contribution is 0.0685. The van der Waals surface area contributed by atoms with Crippen LogP contribution in [0, 0.1) is 6.92 Å². The lowest BCUT2D eigenvalue weighted by Gasteiger charge is -2.27. The molecule has 0 unspecified atom stereocenters. The number of hydrogen-bond donors (Lipinski definition) is 0. The Labute approximate surface area is 190 Å². The Balaban J connectivity index is 1.43. The molecule has 1 aliphatic rings. The van der Waals surface area contributed by atoms with Crippen molar-refractivity contribution in [3.8, 4) is 22.6 Å². The molecule has 1 aliphatic heterocycles. The fourth-order valence-electron chi connectivity index (χ4n) is 3.95. The largest absolute Gasteiger partial charge is 0.372 e. The summed E-state index contributed by atoms with van der Waals surface area (Å²) in [5.74, 6) is 1.72. The smallest absolute Gasteiger partial charge is 0.255 e. The Morgan fingerprint density at radius 2 is 1.82 bits per heavy atom. The molecule has 0 aliphatic carbocycles. The zero-order valence-corrected chi connectivity index (χ0v) is 18.5. The molecular formula is C24H24N6O3. The summed E-state index contributed by atoms with van der Waals surface area (Å²) in [6.07, 6.45) is 4.08. The third-order valence-electron chi connectivity index (χ3n) is 5.72. The van der Waals surface area contributed by atoms with Crippen molar-refractivity contribution in [2.24, 2.45) is 7.05 Å². The first kappa shape index (κ1) is 21.0. The molecule has 0 N–H and O–H groups in total. The van der Waals surface area contributed by atoms with E-state index in [1.54, 1.807) is 37.0 Å². The molecule has 1 atom stereocenters. The summed E-state index contributed by atoms with van der Waals surface area (Å²) in [5.41, 5.74) is 3.32. The first-order valence-electron chi connectivity index (χ1n) is 10.8. The minimum absolute atomic E-state index is 0.103. The van der Waals surface area contributed by atoms with Crippen molar-refractivity contribution in [2.45, 2.75) is 19.4 Å². The molecular weight excluding hydrogens is 420 g/mol. The van der Waals surface area contributed by atoms with Gasteiger partial charge >= 0.3 is 0 Å². The van der Waals surface area contributed by atoms with Gasteiger partial charge in [-0.1, -0.05) is 29.4 Å². The van der Waals surface area contributed by atoms with Crippen LogP contribution in [0.1, 0.15) is 24.0 Å². The van der Waals surface area contributed by atoms with E-state index in [4.69, 9.17) is 14.2 Å². The molecule has 1 fully saturated rings. The van der Waals surface area contributed by atoms with Crippen molar-refractivity contribution >= 4 is 5.95 Å². The average molecular weight is 444 g/mol. The number of anilines is 1. The van der Waals surface area contributed by atoms with Crippen molar-refractivity contribution in [2.75, 3.05) is 24.6 Å². The number of nitrogens with zero attached hydrogens (tertiary/aromatic N) is 6. The van der Waals surface area contributed by atoms with E-state index < -0.39 is 0 Å². The monoisotopic (exact) mass is 444 g/mol. The fourth-order valence-corrected chi connectivity index (χ4v) is 3.95. The van der Waals surface area contributed by atoms with Crippen molar-refractivity contribution in [3.05, 3.63) is 76.7 Å². The minimum atomic E-state index is -0.157. The molecule has 1 aromatic carbocycles. The highest BCUT2D eigenvalue weighted by atomic mass is 16.5. The molecule has 0 radical (unpaired) electrons. The Morgan fingerprint density at radius 3 is 2.55 bits per heavy atom. The molecule has 0 spiro atoms. The number of benzene rings is 1. The summed E-state index contributed by atoms with van der Waals surface area (Å²) in [5, 5.41) is 3.98. The number of rotatable bonds is 4. The van der Waals surface area contributed by atoms with Crippen molar-refractivity contribution < 1.29 is 9.26 Å². The van der Waals surface area contributed by atoms with Crippen LogP contribution in [0.4, 0.5) is 5.95 Å². The minimum Gasteiger partial charge on any atom is -0.372 e. The molecule has 9 heteroatoms. The molecule has 0 amide bonds. The van der Waals surface area contributed by atoms with Gasteiger partial charge in [-0.2, -0.15) is 4.98 Å². The van der Waals surface area contributed by atoms with Crippen LogP contribution in [-0.4, -0.2) is 44.4 Å². The van der Waals surface area contributed by atoms with Gasteiger partial charge in [0.2, 0.25) is 17.7 Å². The summed E-state index contributed by atoms with van der Waals surface area (Å²) in [4.78, 5) is 28.0. The quantitative estimate of drug-likeness (QED) is 0.473. The van der Waals surface area contributed by atoms with E-state index in [0.717, 1.165) is 29.7 Å². The van der Waals surface area contributed by atoms with Gasteiger partial charge in [0.1, 0.15) is 6.10 Å². The predicted molar refractivity (Wildman–Crippen MR) is 123 cm³/mol. The second-order valence-corrected chi connectivity index (χ2v) is 7.99. The van der Waals surface area contributed by atoms with Gasteiger partial charge in [-0.25, -0.2) is 4.98 Å². The lowest BCUT2D eigenvalue weighted by Crippen LogP contribution is -2.34. The number of ether oxygens (including phenoxy) is 1. The van der Waals surface area contributed by atoms with Gasteiger partial charge in [0.25, 0.3) is 5.56 Å². The van der Waals surface area contributed by atoms with Gasteiger partial charge in [-0.3, -0.25) is 14.3 Å².